The average molecular weight is 483 g/mol. The molecular weight excluding hydrogens is 453 g/mol. The van der Waals surface area contributed by atoms with Gasteiger partial charge in [-0.15, -0.1) is 35.3 Å². The number of hydrogen-bond acceptors (Lipinski definition) is 5. The normalized spacial score (nSPS) is 11.0. The van der Waals surface area contributed by atoms with Crippen LogP contribution in [0.1, 0.15) is 24.0 Å². The van der Waals surface area contributed by atoms with Crippen LogP contribution in [0.3, 0.4) is 0 Å². The van der Waals surface area contributed by atoms with E-state index < -0.39 is 0 Å². The molecule has 0 radical (unpaired) electrons. The molecule has 25 heavy (non-hydrogen) atoms. The van der Waals surface area contributed by atoms with Crippen molar-refractivity contribution in [3.05, 3.63) is 16.1 Å². The molecule has 0 atom stereocenters. The summed E-state index contributed by atoms with van der Waals surface area (Å²) in [6.07, 6.45) is 0.887. The molecule has 0 aliphatic carbocycles. The number of hydrogen-bond donors (Lipinski definition) is 1. The molecule has 1 heterocycles. The van der Waals surface area contributed by atoms with Crippen LogP contribution in [0.4, 0.5) is 0 Å². The summed E-state index contributed by atoms with van der Waals surface area (Å²) in [6.45, 7) is 6.93. The van der Waals surface area contributed by atoms with Crippen LogP contribution in [-0.4, -0.2) is 74.1 Å². The fourth-order valence-corrected chi connectivity index (χ4v) is 2.52. The summed E-state index contributed by atoms with van der Waals surface area (Å²) in [5, 5.41) is 6.39. The van der Waals surface area contributed by atoms with E-state index in [2.05, 4.69) is 15.3 Å². The zero-order chi connectivity index (χ0) is 17.9. The Morgan fingerprint density at radius 2 is 2.12 bits per heavy atom. The highest BCUT2D eigenvalue weighted by atomic mass is 127. The largest absolute Gasteiger partial charge is 0.382 e. The van der Waals surface area contributed by atoms with Gasteiger partial charge in [0.15, 0.2) is 5.96 Å². The number of nitrogens with zero attached hydrogens (tertiary/aromatic N) is 4. The summed E-state index contributed by atoms with van der Waals surface area (Å²) < 4.78 is 5.34. The predicted octanol–water partition coefficient (Wildman–Crippen LogP) is 1.96. The minimum atomic E-state index is -0.0264. The zero-order valence-corrected chi connectivity index (χ0v) is 18.9. The Bertz CT molecular complexity index is 536. The highest BCUT2D eigenvalue weighted by Crippen LogP contribution is 2.09. The number of halogens is 1. The van der Waals surface area contributed by atoms with E-state index in [1.54, 1.807) is 30.3 Å². The number of guanidine groups is 1. The number of aryl methyl sites for hydroxylation is 1. The quantitative estimate of drug-likeness (QED) is 0.252. The van der Waals surface area contributed by atoms with E-state index in [4.69, 9.17) is 4.74 Å². The Kier molecular flexibility index (Phi) is 12.8. The van der Waals surface area contributed by atoms with E-state index in [1.165, 1.54) is 0 Å². The molecule has 1 amide bonds. The number of rotatable bonds is 9. The van der Waals surface area contributed by atoms with Crippen molar-refractivity contribution in [2.45, 2.75) is 26.8 Å². The Morgan fingerprint density at radius 1 is 1.40 bits per heavy atom. The van der Waals surface area contributed by atoms with Crippen molar-refractivity contribution in [3.63, 3.8) is 0 Å². The maximum atomic E-state index is 11.8. The van der Waals surface area contributed by atoms with E-state index in [9.17, 15) is 4.79 Å². The van der Waals surface area contributed by atoms with Crippen molar-refractivity contribution in [3.8, 4) is 0 Å². The van der Waals surface area contributed by atoms with Gasteiger partial charge in [0.25, 0.3) is 0 Å². The van der Waals surface area contributed by atoms with Crippen LogP contribution >= 0.6 is 35.3 Å². The van der Waals surface area contributed by atoms with Gasteiger partial charge in [0.05, 0.1) is 17.2 Å². The molecular formula is C16H30IN5O2S. The maximum Gasteiger partial charge on any atom is 0.243 e. The second-order valence-corrected chi connectivity index (χ2v) is 6.68. The SMILES string of the molecule is CCOCCCNC(=NCC(=O)N(C)C)N(C)Cc1csc(C)n1.I. The van der Waals surface area contributed by atoms with Gasteiger partial charge >= 0.3 is 0 Å². The predicted molar refractivity (Wildman–Crippen MR) is 114 cm³/mol. The minimum absolute atomic E-state index is 0. The summed E-state index contributed by atoms with van der Waals surface area (Å²) in [4.78, 5) is 24.2. The first-order chi connectivity index (χ1) is 11.4. The Balaban J connectivity index is 0.00000576. The minimum Gasteiger partial charge on any atom is -0.382 e. The van der Waals surface area contributed by atoms with E-state index in [-0.39, 0.29) is 36.4 Å². The lowest BCUT2D eigenvalue weighted by atomic mass is 10.4. The van der Waals surface area contributed by atoms with Gasteiger partial charge in [-0.1, -0.05) is 0 Å². The average Bonchev–Trinajstić information content (AvgIpc) is 2.94. The lowest BCUT2D eigenvalue weighted by Crippen LogP contribution is -2.40. The Labute approximate surface area is 171 Å². The van der Waals surface area contributed by atoms with Crippen molar-refractivity contribution < 1.29 is 9.53 Å². The van der Waals surface area contributed by atoms with Gasteiger partial charge < -0.3 is 19.9 Å². The monoisotopic (exact) mass is 483 g/mol. The fraction of sp³-hybridized carbons (Fsp3) is 0.688. The van der Waals surface area contributed by atoms with Crippen molar-refractivity contribution in [2.24, 2.45) is 4.99 Å². The number of carbonyl (C=O) groups is 1. The number of ether oxygens (including phenoxy) is 1. The van der Waals surface area contributed by atoms with Crippen LogP contribution < -0.4 is 5.32 Å². The number of likely N-dealkylation sites (N-methyl/N-ethyl adjacent to an activating group) is 1. The molecule has 1 rings (SSSR count). The van der Waals surface area contributed by atoms with E-state index in [0.717, 1.165) is 30.3 Å². The fourth-order valence-electron chi connectivity index (χ4n) is 1.91. The van der Waals surface area contributed by atoms with Crippen LogP contribution in [0.2, 0.25) is 0 Å². The second kappa shape index (κ2) is 13.3. The third-order valence-electron chi connectivity index (χ3n) is 3.24. The van der Waals surface area contributed by atoms with Crippen molar-refractivity contribution in [1.82, 2.24) is 20.1 Å². The van der Waals surface area contributed by atoms with Crippen LogP contribution in [-0.2, 0) is 16.1 Å². The van der Waals surface area contributed by atoms with Crippen molar-refractivity contribution in [1.29, 1.82) is 0 Å². The second-order valence-electron chi connectivity index (χ2n) is 5.62. The van der Waals surface area contributed by atoms with Crippen LogP contribution in [0, 0.1) is 6.92 Å². The molecule has 0 aliphatic heterocycles. The molecule has 7 nitrogen and oxygen atoms in total. The van der Waals surface area contributed by atoms with Crippen LogP contribution in [0.5, 0.6) is 0 Å². The summed E-state index contributed by atoms with van der Waals surface area (Å²) in [6, 6.07) is 0. The third kappa shape index (κ3) is 9.95. The van der Waals surface area contributed by atoms with Gasteiger partial charge in [-0.3, -0.25) is 4.79 Å². The molecule has 0 bridgehead atoms. The Hall–Kier alpha value is -0.940. The summed E-state index contributed by atoms with van der Waals surface area (Å²) >= 11 is 1.63. The smallest absolute Gasteiger partial charge is 0.243 e. The standard InChI is InChI=1S/C16H29N5O2S.HI/c1-6-23-9-7-8-17-16(18-10-15(22)20(3)4)21(5)11-14-12-24-13(2)19-14;/h12H,6-11H2,1-5H3,(H,17,18);1H. The first kappa shape index (κ1) is 24.1. The maximum absolute atomic E-state index is 11.8. The number of thiazole rings is 1. The summed E-state index contributed by atoms with van der Waals surface area (Å²) in [5.74, 6) is 0.675. The Morgan fingerprint density at radius 3 is 2.68 bits per heavy atom. The van der Waals surface area contributed by atoms with Gasteiger partial charge in [0.1, 0.15) is 6.54 Å². The van der Waals surface area contributed by atoms with E-state index >= 15 is 0 Å². The molecule has 9 heteroatoms. The molecule has 0 aromatic carbocycles. The first-order valence-electron chi connectivity index (χ1n) is 8.12. The molecule has 0 spiro atoms. The zero-order valence-electron chi connectivity index (χ0n) is 15.7. The number of amides is 1. The molecule has 0 saturated heterocycles. The van der Waals surface area contributed by atoms with Gasteiger partial charge in [0, 0.05) is 46.3 Å². The molecule has 1 N–H and O–H groups in total. The van der Waals surface area contributed by atoms with Gasteiger partial charge in [-0.25, -0.2) is 9.98 Å². The molecule has 0 fully saturated rings. The van der Waals surface area contributed by atoms with Crippen LogP contribution in [0.15, 0.2) is 10.4 Å². The molecule has 0 saturated carbocycles. The summed E-state index contributed by atoms with van der Waals surface area (Å²) in [7, 11) is 5.41. The van der Waals surface area contributed by atoms with E-state index in [1.807, 2.05) is 31.2 Å². The molecule has 0 unspecified atom stereocenters. The highest BCUT2D eigenvalue weighted by Gasteiger charge is 2.11. The first-order valence-corrected chi connectivity index (χ1v) is 9.00. The number of aromatic nitrogens is 1. The summed E-state index contributed by atoms with van der Waals surface area (Å²) in [5.41, 5.74) is 1.00. The molecule has 1 aromatic rings. The number of nitrogens with one attached hydrogen (secondary N) is 1. The third-order valence-corrected chi connectivity index (χ3v) is 4.07. The molecule has 1 aromatic heterocycles. The van der Waals surface area contributed by atoms with Gasteiger partial charge in [-0.2, -0.15) is 0 Å². The number of carbonyl (C=O) groups excluding carboxylic acids is 1. The van der Waals surface area contributed by atoms with Crippen LogP contribution in [0.25, 0.3) is 0 Å². The van der Waals surface area contributed by atoms with E-state index in [0.29, 0.717) is 19.1 Å². The topological polar surface area (TPSA) is 70.1 Å². The number of aliphatic imine (C=N–C) groups is 1. The lowest BCUT2D eigenvalue weighted by Gasteiger charge is -2.22. The molecule has 144 valence electrons. The van der Waals surface area contributed by atoms with Gasteiger partial charge in [-0.05, 0) is 20.3 Å². The molecule has 0 aliphatic rings. The lowest BCUT2D eigenvalue weighted by molar-refractivity contribution is -0.127. The van der Waals surface area contributed by atoms with Gasteiger partial charge in [0.2, 0.25) is 5.91 Å². The van der Waals surface area contributed by atoms with Crippen molar-refractivity contribution >= 4 is 47.2 Å². The van der Waals surface area contributed by atoms with Crippen molar-refractivity contribution in [2.75, 3.05) is 47.4 Å². The highest BCUT2D eigenvalue weighted by molar-refractivity contribution is 14.0.